The number of fused-ring (bicyclic) bond motifs is 2. The van der Waals surface area contributed by atoms with Crippen molar-refractivity contribution in [1.82, 2.24) is 4.90 Å². The van der Waals surface area contributed by atoms with Crippen LogP contribution in [0.3, 0.4) is 0 Å². The Hall–Kier alpha value is -1.35. The molecule has 1 fully saturated rings. The standard InChI is InChI=1S/C15H19NO2/c1-16(2)11-7-9-15(10-8-11)13-6-4-3-5-12(13)14(17)18-15/h3-6,11H,7-10H2,1-2H3. The average molecular weight is 245 g/mol. The molecule has 3 rings (SSSR count). The highest BCUT2D eigenvalue weighted by Crippen LogP contribution is 2.47. The molecule has 1 saturated carbocycles. The zero-order chi connectivity index (χ0) is 12.8. The Balaban J connectivity index is 1.89. The molecule has 0 amide bonds. The van der Waals surface area contributed by atoms with Gasteiger partial charge in [-0.2, -0.15) is 0 Å². The smallest absolute Gasteiger partial charge is 0.339 e. The Morgan fingerprint density at radius 2 is 1.89 bits per heavy atom. The monoisotopic (exact) mass is 245 g/mol. The minimum Gasteiger partial charge on any atom is -0.451 e. The van der Waals surface area contributed by atoms with Crippen LogP contribution in [0.25, 0.3) is 0 Å². The van der Waals surface area contributed by atoms with Crippen molar-refractivity contribution in [2.45, 2.75) is 37.3 Å². The Morgan fingerprint density at radius 1 is 1.22 bits per heavy atom. The van der Waals surface area contributed by atoms with Crippen molar-refractivity contribution in [1.29, 1.82) is 0 Å². The van der Waals surface area contributed by atoms with Gasteiger partial charge in [-0.05, 0) is 45.8 Å². The summed E-state index contributed by atoms with van der Waals surface area (Å²) in [5.41, 5.74) is 1.54. The molecule has 1 aromatic carbocycles. The van der Waals surface area contributed by atoms with Crippen LogP contribution in [0.5, 0.6) is 0 Å². The third kappa shape index (κ3) is 1.65. The van der Waals surface area contributed by atoms with Gasteiger partial charge in [0, 0.05) is 11.6 Å². The van der Waals surface area contributed by atoms with Crippen LogP contribution < -0.4 is 0 Å². The van der Waals surface area contributed by atoms with Crippen LogP contribution in [0.1, 0.15) is 41.6 Å². The van der Waals surface area contributed by atoms with Crippen LogP contribution in [0.2, 0.25) is 0 Å². The molecule has 0 aromatic heterocycles. The minimum atomic E-state index is -0.333. The van der Waals surface area contributed by atoms with Gasteiger partial charge < -0.3 is 9.64 Å². The largest absolute Gasteiger partial charge is 0.451 e. The first-order valence-corrected chi connectivity index (χ1v) is 6.62. The molecule has 0 unspecified atom stereocenters. The molecular weight excluding hydrogens is 226 g/mol. The molecule has 1 heterocycles. The van der Waals surface area contributed by atoms with Gasteiger partial charge >= 0.3 is 5.97 Å². The number of carbonyl (C=O) groups is 1. The first-order valence-electron chi connectivity index (χ1n) is 6.62. The lowest BCUT2D eigenvalue weighted by Crippen LogP contribution is -2.39. The molecule has 1 aliphatic heterocycles. The van der Waals surface area contributed by atoms with E-state index in [4.69, 9.17) is 4.74 Å². The van der Waals surface area contributed by atoms with Gasteiger partial charge in [0.25, 0.3) is 0 Å². The van der Waals surface area contributed by atoms with E-state index in [-0.39, 0.29) is 11.6 Å². The summed E-state index contributed by atoms with van der Waals surface area (Å²) in [6.45, 7) is 0. The van der Waals surface area contributed by atoms with Crippen molar-refractivity contribution < 1.29 is 9.53 Å². The van der Waals surface area contributed by atoms with E-state index < -0.39 is 0 Å². The second-order valence-corrected chi connectivity index (χ2v) is 5.62. The summed E-state index contributed by atoms with van der Waals surface area (Å²) >= 11 is 0. The van der Waals surface area contributed by atoms with Crippen LogP contribution in [0.15, 0.2) is 24.3 Å². The lowest BCUT2D eigenvalue weighted by Gasteiger charge is -2.38. The van der Waals surface area contributed by atoms with Gasteiger partial charge in [-0.15, -0.1) is 0 Å². The quantitative estimate of drug-likeness (QED) is 0.712. The maximum atomic E-state index is 11.9. The number of rotatable bonds is 1. The van der Waals surface area contributed by atoms with Crippen LogP contribution >= 0.6 is 0 Å². The van der Waals surface area contributed by atoms with Gasteiger partial charge in [-0.1, -0.05) is 18.2 Å². The van der Waals surface area contributed by atoms with Crippen molar-refractivity contribution in [3.05, 3.63) is 35.4 Å². The number of hydrogen-bond acceptors (Lipinski definition) is 3. The Kier molecular flexibility index (Phi) is 2.67. The SMILES string of the molecule is CN(C)C1CCC2(CC1)OC(=O)c1ccccc12. The third-order valence-electron chi connectivity index (χ3n) is 4.42. The zero-order valence-corrected chi connectivity index (χ0v) is 11.0. The molecule has 1 aliphatic carbocycles. The van der Waals surface area contributed by atoms with Crippen molar-refractivity contribution >= 4 is 5.97 Å². The summed E-state index contributed by atoms with van der Waals surface area (Å²) < 4.78 is 5.73. The lowest BCUT2D eigenvalue weighted by molar-refractivity contribution is -0.0385. The molecule has 0 atom stereocenters. The molecule has 18 heavy (non-hydrogen) atoms. The van der Waals surface area contributed by atoms with E-state index in [9.17, 15) is 4.79 Å². The molecule has 3 nitrogen and oxygen atoms in total. The molecule has 0 bridgehead atoms. The number of nitrogens with zero attached hydrogens (tertiary/aromatic N) is 1. The highest BCUT2D eigenvalue weighted by molar-refractivity contribution is 5.94. The number of hydrogen-bond donors (Lipinski definition) is 0. The van der Waals surface area contributed by atoms with Crippen LogP contribution in [-0.2, 0) is 10.3 Å². The van der Waals surface area contributed by atoms with E-state index in [2.05, 4.69) is 25.1 Å². The second-order valence-electron chi connectivity index (χ2n) is 5.62. The molecule has 1 aromatic rings. The fourth-order valence-electron chi connectivity index (χ4n) is 3.30. The van der Waals surface area contributed by atoms with Gasteiger partial charge in [0.15, 0.2) is 0 Å². The Labute approximate surface area is 108 Å². The van der Waals surface area contributed by atoms with Crippen molar-refractivity contribution in [2.75, 3.05) is 14.1 Å². The predicted molar refractivity (Wildman–Crippen MR) is 69.5 cm³/mol. The topological polar surface area (TPSA) is 29.5 Å². The highest BCUT2D eigenvalue weighted by atomic mass is 16.6. The molecule has 96 valence electrons. The zero-order valence-electron chi connectivity index (χ0n) is 11.0. The number of ether oxygens (including phenoxy) is 1. The normalized spacial score (nSPS) is 30.6. The Morgan fingerprint density at radius 3 is 2.56 bits per heavy atom. The van der Waals surface area contributed by atoms with E-state index in [1.165, 1.54) is 0 Å². The van der Waals surface area contributed by atoms with E-state index >= 15 is 0 Å². The van der Waals surface area contributed by atoms with Crippen LogP contribution in [-0.4, -0.2) is 31.0 Å². The van der Waals surface area contributed by atoms with E-state index in [0.717, 1.165) is 36.8 Å². The summed E-state index contributed by atoms with van der Waals surface area (Å²) in [7, 11) is 4.24. The van der Waals surface area contributed by atoms with Crippen molar-refractivity contribution in [2.24, 2.45) is 0 Å². The third-order valence-corrected chi connectivity index (χ3v) is 4.42. The molecule has 2 aliphatic rings. The summed E-state index contributed by atoms with van der Waals surface area (Å²) in [5.74, 6) is -0.145. The molecule has 3 heteroatoms. The fourth-order valence-corrected chi connectivity index (χ4v) is 3.30. The van der Waals surface area contributed by atoms with Crippen LogP contribution in [0.4, 0.5) is 0 Å². The van der Waals surface area contributed by atoms with Crippen molar-refractivity contribution in [3.8, 4) is 0 Å². The molecule has 1 spiro atoms. The van der Waals surface area contributed by atoms with Gasteiger partial charge in [-0.25, -0.2) is 4.79 Å². The van der Waals surface area contributed by atoms with Gasteiger partial charge in [-0.3, -0.25) is 0 Å². The van der Waals surface area contributed by atoms with Gasteiger partial charge in [0.05, 0.1) is 5.56 Å². The van der Waals surface area contributed by atoms with Crippen LogP contribution in [0, 0.1) is 0 Å². The minimum absolute atomic E-state index is 0.145. The molecule has 0 radical (unpaired) electrons. The number of carbonyl (C=O) groups excluding carboxylic acids is 1. The summed E-state index contributed by atoms with van der Waals surface area (Å²) in [4.78, 5) is 14.2. The second kappa shape index (κ2) is 4.09. The molecule has 0 saturated heterocycles. The summed E-state index contributed by atoms with van der Waals surface area (Å²) in [6.07, 6.45) is 4.07. The highest BCUT2D eigenvalue weighted by Gasteiger charge is 2.47. The van der Waals surface area contributed by atoms with Crippen molar-refractivity contribution in [3.63, 3.8) is 0 Å². The summed E-state index contributed by atoms with van der Waals surface area (Å²) in [5, 5.41) is 0. The van der Waals surface area contributed by atoms with E-state index in [0.29, 0.717) is 6.04 Å². The maximum Gasteiger partial charge on any atom is 0.339 e. The van der Waals surface area contributed by atoms with Gasteiger partial charge in [0.2, 0.25) is 0 Å². The molecular formula is C15H19NO2. The van der Waals surface area contributed by atoms with Gasteiger partial charge in [0.1, 0.15) is 5.60 Å². The van der Waals surface area contributed by atoms with E-state index in [1.54, 1.807) is 0 Å². The summed E-state index contributed by atoms with van der Waals surface area (Å²) in [6, 6.07) is 8.45. The Bertz CT molecular complexity index is 473. The lowest BCUT2D eigenvalue weighted by atomic mass is 9.77. The number of benzene rings is 1. The first kappa shape index (κ1) is 11.7. The van der Waals surface area contributed by atoms with E-state index in [1.807, 2.05) is 18.2 Å². The molecule has 0 N–H and O–H groups in total. The maximum absolute atomic E-state index is 11.9. The number of esters is 1. The predicted octanol–water partition coefficient (Wildman–Crippen LogP) is 2.56. The fraction of sp³-hybridized carbons (Fsp3) is 0.533. The average Bonchev–Trinajstić information content (AvgIpc) is 2.64. The first-order chi connectivity index (χ1) is 8.62.